The maximum atomic E-state index is 14.6. The van der Waals surface area contributed by atoms with Gasteiger partial charge >= 0.3 is 12.5 Å². The molecule has 2 aromatic carbocycles. The highest BCUT2D eigenvalue weighted by Crippen LogP contribution is 2.42. The molecule has 0 bridgehead atoms. The van der Waals surface area contributed by atoms with E-state index in [1.54, 1.807) is 6.92 Å². The Morgan fingerprint density at radius 1 is 1.09 bits per heavy atom. The number of nitrogens with one attached hydrogen (secondary N) is 1. The third kappa shape index (κ3) is 4.17. The Labute approximate surface area is 194 Å². The molecule has 1 atom stereocenters. The third-order valence-corrected chi connectivity index (χ3v) is 5.84. The van der Waals surface area contributed by atoms with Crippen molar-refractivity contribution in [1.82, 2.24) is 9.78 Å². The maximum absolute atomic E-state index is 14.6. The Kier molecular flexibility index (Phi) is 5.22. The summed E-state index contributed by atoms with van der Waals surface area (Å²) in [6, 6.07) is 6.97. The van der Waals surface area contributed by atoms with Crippen molar-refractivity contribution in [3.63, 3.8) is 0 Å². The summed E-state index contributed by atoms with van der Waals surface area (Å²) in [6.45, 7) is 1.63. The molecule has 0 fully saturated rings. The first-order chi connectivity index (χ1) is 16.4. The second-order valence-corrected chi connectivity index (χ2v) is 8.27. The Morgan fingerprint density at radius 2 is 1.83 bits per heavy atom. The summed E-state index contributed by atoms with van der Waals surface area (Å²) in [6.07, 6.45) is -8.10. The third-order valence-electron chi connectivity index (χ3n) is 5.84. The van der Waals surface area contributed by atoms with E-state index in [0.29, 0.717) is 5.56 Å². The molecule has 12 heteroatoms. The van der Waals surface area contributed by atoms with Crippen molar-refractivity contribution in [2.45, 2.75) is 44.7 Å². The molecule has 0 saturated heterocycles. The normalized spacial score (nSPS) is 17.3. The summed E-state index contributed by atoms with van der Waals surface area (Å²) in [5, 5.41) is 6.53. The Balaban J connectivity index is 1.48. The second kappa shape index (κ2) is 7.92. The van der Waals surface area contributed by atoms with Crippen LogP contribution in [0.4, 0.5) is 32.0 Å². The molecule has 0 amide bonds. The lowest BCUT2D eigenvalue weighted by Gasteiger charge is -2.18. The molecule has 2 heterocycles. The van der Waals surface area contributed by atoms with E-state index in [-0.39, 0.29) is 53.4 Å². The van der Waals surface area contributed by atoms with E-state index in [4.69, 9.17) is 0 Å². The van der Waals surface area contributed by atoms with E-state index in [9.17, 15) is 31.1 Å². The fourth-order valence-electron chi connectivity index (χ4n) is 4.24. The number of fused-ring (bicyclic) bond motifs is 2. The van der Waals surface area contributed by atoms with E-state index < -0.39 is 35.8 Å². The van der Waals surface area contributed by atoms with E-state index in [1.165, 1.54) is 30.3 Å². The number of nitrogens with zero attached hydrogens (tertiary/aromatic N) is 2. The summed E-state index contributed by atoms with van der Waals surface area (Å²) in [4.78, 5) is 12.5. The van der Waals surface area contributed by atoms with Crippen molar-refractivity contribution in [3.05, 3.63) is 64.7 Å². The molecule has 0 spiro atoms. The summed E-state index contributed by atoms with van der Waals surface area (Å²) in [5.74, 6) is -1.51. The average Bonchev–Trinajstić information content (AvgIpc) is 3.31. The highest BCUT2D eigenvalue weighted by molar-refractivity contribution is 5.97. The Morgan fingerprint density at radius 3 is 2.57 bits per heavy atom. The van der Waals surface area contributed by atoms with Gasteiger partial charge < -0.3 is 14.8 Å². The minimum Gasteiger partial charge on any atom is -0.395 e. The van der Waals surface area contributed by atoms with Gasteiger partial charge in [-0.2, -0.15) is 18.3 Å². The molecule has 1 aliphatic carbocycles. The Bertz CT molecular complexity index is 1330. The van der Waals surface area contributed by atoms with Gasteiger partial charge in [-0.1, -0.05) is 6.07 Å². The van der Waals surface area contributed by atoms with E-state index in [2.05, 4.69) is 19.9 Å². The fraction of sp³-hybridized carbons (Fsp3) is 0.304. The molecule has 3 aromatic rings. The fourth-order valence-corrected chi connectivity index (χ4v) is 4.24. The van der Waals surface area contributed by atoms with Gasteiger partial charge in [0.25, 0.3) is 0 Å². The Hall–Kier alpha value is -3.70. The van der Waals surface area contributed by atoms with E-state index in [1.807, 2.05) is 0 Å². The van der Waals surface area contributed by atoms with Gasteiger partial charge in [-0.05, 0) is 55.7 Å². The van der Waals surface area contributed by atoms with Crippen molar-refractivity contribution in [2.24, 2.45) is 0 Å². The van der Waals surface area contributed by atoms with Crippen LogP contribution in [-0.2, 0) is 12.6 Å². The van der Waals surface area contributed by atoms with Crippen LogP contribution in [0.25, 0.3) is 5.69 Å². The van der Waals surface area contributed by atoms with Gasteiger partial charge in [0.2, 0.25) is 0 Å². The number of anilines is 1. The van der Waals surface area contributed by atoms with E-state index >= 15 is 0 Å². The summed E-state index contributed by atoms with van der Waals surface area (Å²) in [5.41, 5.74) is -1.03. The molecule has 184 valence electrons. The summed E-state index contributed by atoms with van der Waals surface area (Å²) in [7, 11) is 0. The van der Waals surface area contributed by atoms with Crippen LogP contribution in [0.15, 0.2) is 36.4 Å². The molecule has 1 N–H and O–H groups in total. The van der Waals surface area contributed by atoms with Crippen molar-refractivity contribution < 1.29 is 40.6 Å². The number of halogens is 6. The number of alkyl halides is 5. The lowest BCUT2D eigenvalue weighted by molar-refractivity contribution is -0.286. The smallest absolute Gasteiger partial charge is 0.395 e. The van der Waals surface area contributed by atoms with Gasteiger partial charge in [-0.15, -0.1) is 8.78 Å². The first-order valence-electron chi connectivity index (χ1n) is 10.6. The lowest BCUT2D eigenvalue weighted by atomic mass is 9.94. The summed E-state index contributed by atoms with van der Waals surface area (Å²) < 4.78 is 91.5. The lowest BCUT2D eigenvalue weighted by Crippen LogP contribution is -2.25. The number of rotatable bonds is 4. The number of hydrogen-bond donors (Lipinski definition) is 1. The van der Waals surface area contributed by atoms with Crippen molar-refractivity contribution >= 4 is 11.5 Å². The molecule has 5 rings (SSSR count). The predicted octanol–water partition coefficient (Wildman–Crippen LogP) is 6.04. The van der Waals surface area contributed by atoms with Gasteiger partial charge in [0, 0.05) is 18.0 Å². The molecule has 0 radical (unpaired) electrons. The van der Waals surface area contributed by atoms with E-state index in [0.717, 1.165) is 10.7 Å². The number of ether oxygens (including phenoxy) is 2. The zero-order valence-corrected chi connectivity index (χ0v) is 18.0. The zero-order valence-electron chi connectivity index (χ0n) is 18.0. The summed E-state index contributed by atoms with van der Waals surface area (Å²) >= 11 is 0. The SMILES string of the molecule is C[C@H](Nc1cc(-n2nc(C(F)(F)F)c3c2C(=O)CCC3)ccc1F)c1ccc2c(c1)OC(F)(F)O2. The molecule has 1 aliphatic heterocycles. The van der Waals surface area contributed by atoms with Crippen LogP contribution >= 0.6 is 0 Å². The maximum Gasteiger partial charge on any atom is 0.586 e. The number of carbonyl (C=O) groups excluding carboxylic acids is 1. The number of benzene rings is 2. The second-order valence-electron chi connectivity index (χ2n) is 8.27. The molecule has 0 unspecified atom stereocenters. The highest BCUT2D eigenvalue weighted by atomic mass is 19.4. The molecule has 1 aromatic heterocycles. The van der Waals surface area contributed by atoms with Gasteiger partial charge in [0.15, 0.2) is 23.0 Å². The van der Waals surface area contributed by atoms with Crippen LogP contribution in [0.1, 0.15) is 53.1 Å². The van der Waals surface area contributed by atoms with Crippen molar-refractivity contribution in [3.8, 4) is 17.2 Å². The zero-order chi connectivity index (χ0) is 25.1. The predicted molar refractivity (Wildman–Crippen MR) is 110 cm³/mol. The molecule has 0 saturated carbocycles. The van der Waals surface area contributed by atoms with Gasteiger partial charge in [0.05, 0.1) is 11.4 Å². The van der Waals surface area contributed by atoms with Gasteiger partial charge in [0.1, 0.15) is 11.5 Å². The van der Waals surface area contributed by atoms with Gasteiger partial charge in [-0.3, -0.25) is 4.79 Å². The number of aromatic nitrogens is 2. The van der Waals surface area contributed by atoms with Crippen LogP contribution in [0.3, 0.4) is 0 Å². The van der Waals surface area contributed by atoms with Crippen molar-refractivity contribution in [2.75, 3.05) is 5.32 Å². The van der Waals surface area contributed by atoms with Crippen LogP contribution in [-0.4, -0.2) is 21.9 Å². The standard InChI is InChI=1S/C23H17F6N3O3/c1-11(12-5-8-18-19(9-12)35-23(28,29)34-18)30-16-10-13(6-7-15(16)24)32-20-14(3-2-4-17(20)33)21(31-32)22(25,26)27/h5-11,30H,2-4H2,1H3/t11-/m0/s1. The number of ketones is 1. The largest absolute Gasteiger partial charge is 0.586 e. The van der Waals surface area contributed by atoms with Crippen LogP contribution in [0, 0.1) is 5.82 Å². The topological polar surface area (TPSA) is 65.4 Å². The van der Waals surface area contributed by atoms with Crippen molar-refractivity contribution in [1.29, 1.82) is 0 Å². The highest BCUT2D eigenvalue weighted by Gasteiger charge is 2.44. The first-order valence-corrected chi connectivity index (χ1v) is 10.6. The number of hydrogen-bond acceptors (Lipinski definition) is 5. The van der Waals surface area contributed by atoms with Gasteiger partial charge in [-0.25, -0.2) is 9.07 Å². The number of Topliss-reactive ketones (excluding diaryl/α,β-unsaturated/α-hetero) is 1. The average molecular weight is 497 g/mol. The molecule has 35 heavy (non-hydrogen) atoms. The van der Waals surface area contributed by atoms with Crippen LogP contribution in [0.2, 0.25) is 0 Å². The van der Waals surface area contributed by atoms with Crippen LogP contribution in [0.5, 0.6) is 11.5 Å². The number of carbonyl (C=O) groups is 1. The molecule has 2 aliphatic rings. The minimum atomic E-state index is -4.75. The van der Waals surface area contributed by atoms with Crippen LogP contribution < -0.4 is 14.8 Å². The first kappa shape index (κ1) is 23.1. The monoisotopic (exact) mass is 497 g/mol. The molecular formula is C23H17F6N3O3. The minimum absolute atomic E-state index is 0.0579. The quantitative estimate of drug-likeness (QED) is 0.445. The molecular weight excluding hydrogens is 480 g/mol. The molecule has 6 nitrogen and oxygen atoms in total.